The number of aromatic nitrogens is 1. The van der Waals surface area contributed by atoms with E-state index in [9.17, 15) is 13.6 Å². The number of ether oxygens (including phenoxy) is 1. The van der Waals surface area contributed by atoms with Crippen molar-refractivity contribution in [3.63, 3.8) is 0 Å². The number of esters is 1. The molecule has 4 nitrogen and oxygen atoms in total. The van der Waals surface area contributed by atoms with Crippen molar-refractivity contribution in [1.82, 2.24) is 4.98 Å². The highest BCUT2D eigenvalue weighted by atomic mass is 19.1. The highest BCUT2D eigenvalue weighted by Crippen LogP contribution is 2.33. The van der Waals surface area contributed by atoms with Crippen LogP contribution in [0.25, 0.3) is 11.3 Å². The van der Waals surface area contributed by atoms with Gasteiger partial charge in [0.1, 0.15) is 17.7 Å². The second-order valence-corrected chi connectivity index (χ2v) is 6.78. The molecule has 0 saturated carbocycles. The second kappa shape index (κ2) is 7.92. The minimum absolute atomic E-state index is 0.000162. The Morgan fingerprint density at radius 3 is 2.75 bits per heavy atom. The van der Waals surface area contributed by atoms with Crippen LogP contribution in [0.2, 0.25) is 0 Å². The van der Waals surface area contributed by atoms with E-state index in [2.05, 4.69) is 11.1 Å². The summed E-state index contributed by atoms with van der Waals surface area (Å²) in [5.41, 5.74) is 2.02. The number of nitrogens with zero attached hydrogens (tertiary/aromatic N) is 1. The first-order valence-corrected chi connectivity index (χ1v) is 9.28. The first kappa shape index (κ1) is 18.3. The zero-order chi connectivity index (χ0) is 19.5. The summed E-state index contributed by atoms with van der Waals surface area (Å²) in [4.78, 5) is 16.3. The molecule has 1 atom stereocenters. The highest BCUT2D eigenvalue weighted by molar-refractivity contribution is 5.70. The lowest BCUT2D eigenvalue weighted by Gasteiger charge is -2.25. The van der Waals surface area contributed by atoms with Gasteiger partial charge < -0.3 is 9.15 Å². The van der Waals surface area contributed by atoms with E-state index >= 15 is 0 Å². The van der Waals surface area contributed by atoms with Crippen LogP contribution in [0, 0.1) is 11.6 Å². The Bertz CT molecular complexity index is 979. The molecule has 6 heteroatoms. The Morgan fingerprint density at radius 2 is 1.93 bits per heavy atom. The van der Waals surface area contributed by atoms with E-state index < -0.39 is 11.6 Å². The smallest absolute Gasteiger partial charge is 0.306 e. The fourth-order valence-corrected chi connectivity index (χ4v) is 3.53. The molecule has 28 heavy (non-hydrogen) atoms. The third-order valence-corrected chi connectivity index (χ3v) is 4.89. The molecule has 1 aromatic heterocycles. The van der Waals surface area contributed by atoms with Gasteiger partial charge in [-0.05, 0) is 42.5 Å². The summed E-state index contributed by atoms with van der Waals surface area (Å²) in [5, 5.41) is 0. The number of carbonyl (C=O) groups excluding carboxylic acids is 1. The number of benzene rings is 2. The molecular formula is C22H19F2NO3. The van der Waals surface area contributed by atoms with Crippen LogP contribution in [-0.4, -0.2) is 11.0 Å². The number of halogens is 2. The van der Waals surface area contributed by atoms with Crippen LogP contribution in [0.1, 0.15) is 42.4 Å². The number of aryl methyl sites for hydroxylation is 2. The molecular weight excluding hydrogens is 364 g/mol. The van der Waals surface area contributed by atoms with Gasteiger partial charge in [0, 0.05) is 6.42 Å². The van der Waals surface area contributed by atoms with Crippen LogP contribution in [-0.2, 0) is 22.4 Å². The van der Waals surface area contributed by atoms with Crippen molar-refractivity contribution in [2.24, 2.45) is 0 Å². The molecule has 0 radical (unpaired) electrons. The molecule has 1 heterocycles. The first-order chi connectivity index (χ1) is 13.6. The van der Waals surface area contributed by atoms with Gasteiger partial charge in [0.2, 0.25) is 0 Å². The third-order valence-electron chi connectivity index (χ3n) is 4.89. The van der Waals surface area contributed by atoms with E-state index in [0.717, 1.165) is 37.0 Å². The SMILES string of the molecule is O=C(CCc1ncc(-c2c(F)cccc2F)o1)OC1CCCc2ccccc21. The van der Waals surface area contributed by atoms with Gasteiger partial charge in [0.25, 0.3) is 0 Å². The second-order valence-electron chi connectivity index (χ2n) is 6.78. The summed E-state index contributed by atoms with van der Waals surface area (Å²) in [6, 6.07) is 11.6. The van der Waals surface area contributed by atoms with Crippen LogP contribution in [0.15, 0.2) is 53.1 Å². The molecule has 0 N–H and O–H groups in total. The fraction of sp³-hybridized carbons (Fsp3) is 0.273. The average Bonchev–Trinajstić information content (AvgIpc) is 3.15. The van der Waals surface area contributed by atoms with Gasteiger partial charge in [0.05, 0.1) is 18.2 Å². The minimum atomic E-state index is -0.724. The number of fused-ring (bicyclic) bond motifs is 1. The molecule has 1 unspecified atom stereocenters. The van der Waals surface area contributed by atoms with Gasteiger partial charge in [-0.25, -0.2) is 13.8 Å². The van der Waals surface area contributed by atoms with E-state index in [1.54, 1.807) is 0 Å². The van der Waals surface area contributed by atoms with Gasteiger partial charge in [-0.2, -0.15) is 0 Å². The number of hydrogen-bond donors (Lipinski definition) is 0. The van der Waals surface area contributed by atoms with Gasteiger partial charge >= 0.3 is 5.97 Å². The summed E-state index contributed by atoms with van der Waals surface area (Å²) >= 11 is 0. The number of oxazole rings is 1. The zero-order valence-corrected chi connectivity index (χ0v) is 15.2. The van der Waals surface area contributed by atoms with Crippen LogP contribution in [0.4, 0.5) is 8.78 Å². The van der Waals surface area contributed by atoms with Crippen LogP contribution in [0.5, 0.6) is 0 Å². The lowest BCUT2D eigenvalue weighted by molar-refractivity contribution is -0.150. The maximum absolute atomic E-state index is 13.8. The molecule has 0 bridgehead atoms. The molecule has 0 fully saturated rings. The first-order valence-electron chi connectivity index (χ1n) is 9.28. The number of hydrogen-bond acceptors (Lipinski definition) is 4. The van der Waals surface area contributed by atoms with Crippen molar-refractivity contribution in [3.8, 4) is 11.3 Å². The normalized spacial score (nSPS) is 15.9. The molecule has 3 aromatic rings. The summed E-state index contributed by atoms with van der Waals surface area (Å²) in [5.74, 6) is -1.56. The van der Waals surface area contributed by atoms with E-state index in [-0.39, 0.29) is 42.1 Å². The monoisotopic (exact) mass is 383 g/mol. The Balaban J connectivity index is 1.38. The van der Waals surface area contributed by atoms with E-state index in [0.29, 0.717) is 0 Å². The maximum atomic E-state index is 13.8. The number of rotatable bonds is 5. The van der Waals surface area contributed by atoms with Crippen molar-refractivity contribution in [2.45, 2.75) is 38.2 Å². The summed E-state index contributed by atoms with van der Waals surface area (Å²) in [6.07, 6.45) is 4.09. The van der Waals surface area contributed by atoms with Gasteiger partial charge in [-0.1, -0.05) is 30.3 Å². The predicted molar refractivity (Wildman–Crippen MR) is 98.4 cm³/mol. The number of carbonyl (C=O) groups is 1. The topological polar surface area (TPSA) is 52.3 Å². The van der Waals surface area contributed by atoms with Crippen molar-refractivity contribution < 1.29 is 22.7 Å². The molecule has 0 spiro atoms. The van der Waals surface area contributed by atoms with E-state index in [4.69, 9.17) is 9.15 Å². The van der Waals surface area contributed by atoms with Crippen LogP contribution in [0.3, 0.4) is 0 Å². The molecule has 0 amide bonds. The summed E-state index contributed by atoms with van der Waals surface area (Å²) in [6.45, 7) is 0. The van der Waals surface area contributed by atoms with Gasteiger partial charge in [-0.15, -0.1) is 0 Å². The standard InChI is InChI=1S/C22H19F2NO3/c23-16-8-4-9-17(24)22(16)19-13-25-20(27-19)11-12-21(26)28-18-10-3-6-14-5-1-2-7-15(14)18/h1-2,4-5,7-9,13,18H,3,6,10-12H2. The molecule has 0 aliphatic heterocycles. The Hall–Kier alpha value is -3.02. The fourth-order valence-electron chi connectivity index (χ4n) is 3.53. The molecule has 1 aliphatic carbocycles. The molecule has 2 aromatic carbocycles. The third kappa shape index (κ3) is 3.81. The molecule has 4 rings (SSSR count). The Morgan fingerprint density at radius 1 is 1.14 bits per heavy atom. The van der Waals surface area contributed by atoms with Crippen molar-refractivity contribution in [3.05, 3.63) is 77.3 Å². The Kier molecular flexibility index (Phi) is 5.19. The largest absolute Gasteiger partial charge is 0.457 e. The van der Waals surface area contributed by atoms with Gasteiger partial charge in [-0.3, -0.25) is 4.79 Å². The molecule has 144 valence electrons. The van der Waals surface area contributed by atoms with Gasteiger partial charge in [0.15, 0.2) is 11.7 Å². The van der Waals surface area contributed by atoms with Crippen LogP contribution < -0.4 is 0 Å². The Labute approximate surface area is 161 Å². The quantitative estimate of drug-likeness (QED) is 0.570. The molecule has 1 aliphatic rings. The van der Waals surface area contributed by atoms with E-state index in [1.807, 2.05) is 18.2 Å². The lowest BCUT2D eigenvalue weighted by atomic mass is 9.89. The minimum Gasteiger partial charge on any atom is -0.457 e. The van der Waals surface area contributed by atoms with E-state index in [1.165, 1.54) is 17.8 Å². The van der Waals surface area contributed by atoms with Crippen molar-refractivity contribution >= 4 is 5.97 Å². The summed E-state index contributed by atoms with van der Waals surface area (Å²) in [7, 11) is 0. The van der Waals surface area contributed by atoms with Crippen molar-refractivity contribution in [2.75, 3.05) is 0 Å². The predicted octanol–water partition coefficient (Wildman–Crippen LogP) is 5.17. The highest BCUT2D eigenvalue weighted by Gasteiger charge is 2.23. The zero-order valence-electron chi connectivity index (χ0n) is 15.2. The molecule has 0 saturated heterocycles. The average molecular weight is 383 g/mol. The van der Waals surface area contributed by atoms with Crippen molar-refractivity contribution in [1.29, 1.82) is 0 Å². The van der Waals surface area contributed by atoms with Crippen LogP contribution >= 0.6 is 0 Å². The summed E-state index contributed by atoms with van der Waals surface area (Å²) < 4.78 is 38.7. The lowest BCUT2D eigenvalue weighted by Crippen LogP contribution is -2.17. The maximum Gasteiger partial charge on any atom is 0.306 e.